The average Bonchev–Trinajstić information content (AvgIpc) is 2.91. The van der Waals surface area contributed by atoms with Crippen LogP contribution in [0.25, 0.3) is 10.8 Å². The summed E-state index contributed by atoms with van der Waals surface area (Å²) in [4.78, 5) is 12.0. The Hall–Kier alpha value is -2.46. The topological polar surface area (TPSA) is 65.0 Å². The highest BCUT2D eigenvalue weighted by Gasteiger charge is 2.82. The van der Waals surface area contributed by atoms with Gasteiger partial charge in [0, 0.05) is 0 Å². The van der Waals surface area contributed by atoms with E-state index in [2.05, 4.69) is 23.3 Å². The molecule has 1 heterocycles. The van der Waals surface area contributed by atoms with E-state index in [9.17, 15) is 31.9 Å². The minimum absolute atomic E-state index is 0.247. The molecule has 32 heavy (non-hydrogen) atoms. The van der Waals surface area contributed by atoms with Gasteiger partial charge in [-0.05, 0) is 47.7 Å². The van der Waals surface area contributed by atoms with Gasteiger partial charge in [0.2, 0.25) is 5.60 Å². The van der Waals surface area contributed by atoms with Crippen LogP contribution in [0.4, 0.5) is 22.0 Å². The molecule has 0 saturated carbocycles. The molecule has 0 aliphatic carbocycles. The van der Waals surface area contributed by atoms with Crippen molar-refractivity contribution in [3.63, 3.8) is 0 Å². The minimum Gasteiger partial charge on any atom is -0.482 e. The predicted molar refractivity (Wildman–Crippen MR) is 105 cm³/mol. The van der Waals surface area contributed by atoms with E-state index in [1.165, 1.54) is 5.56 Å². The summed E-state index contributed by atoms with van der Waals surface area (Å²) < 4.78 is 81.1. The number of hydrogen-bond donors (Lipinski definition) is 1. The van der Waals surface area contributed by atoms with Crippen molar-refractivity contribution in [1.29, 1.82) is 0 Å². The first-order chi connectivity index (χ1) is 14.7. The Balaban J connectivity index is 1.68. The molecule has 5 nitrogen and oxygen atoms in total. The molecule has 1 aliphatic rings. The normalized spacial score (nSPS) is 26.2. The fourth-order valence-corrected chi connectivity index (χ4v) is 3.43. The first kappa shape index (κ1) is 24.2. The van der Waals surface area contributed by atoms with E-state index >= 15 is 0 Å². The molecule has 3 rings (SSSR count). The second-order valence-corrected chi connectivity index (χ2v) is 8.08. The van der Waals surface area contributed by atoms with Gasteiger partial charge in [0.25, 0.3) is 0 Å². The molecular weight excluding hydrogens is 439 g/mol. The molecule has 1 saturated heterocycles. The first-order valence-corrected chi connectivity index (χ1v) is 9.93. The van der Waals surface area contributed by atoms with Crippen molar-refractivity contribution in [2.24, 2.45) is 0 Å². The molecule has 2 aromatic rings. The lowest BCUT2D eigenvalue weighted by Crippen LogP contribution is -2.63. The zero-order chi connectivity index (χ0) is 23.9. The second-order valence-electron chi connectivity index (χ2n) is 8.08. The summed E-state index contributed by atoms with van der Waals surface area (Å²) in [5.74, 6) is -10.4. The molecule has 1 fully saturated rings. The van der Waals surface area contributed by atoms with Crippen molar-refractivity contribution in [2.75, 3.05) is 13.2 Å². The standard InChI is InChI=1S/C22H23F5O5/c1-4-13(2)14-5-6-16-10-17(8-7-15(16)9-14)30-11-18(28)32-19(3)12-31-21(29,20(19,23)24)22(25,26)27/h5-10,13,29H,4,11-12H2,1-3H3. The number of benzene rings is 2. The lowest BCUT2D eigenvalue weighted by atomic mass is 9.94. The number of carbonyl (C=O) groups excluding carboxylic acids is 1. The summed E-state index contributed by atoms with van der Waals surface area (Å²) in [5, 5.41) is 11.1. The van der Waals surface area contributed by atoms with E-state index in [-0.39, 0.29) is 5.75 Å². The van der Waals surface area contributed by atoms with Gasteiger partial charge in [0.05, 0.1) is 6.61 Å². The Bertz CT molecular complexity index is 1010. The maximum atomic E-state index is 14.3. The van der Waals surface area contributed by atoms with E-state index in [1.54, 1.807) is 18.2 Å². The summed E-state index contributed by atoms with van der Waals surface area (Å²) in [6.07, 6.45) is -4.81. The average molecular weight is 462 g/mol. The molecule has 176 valence electrons. The van der Waals surface area contributed by atoms with Crippen molar-refractivity contribution in [3.8, 4) is 5.75 Å². The lowest BCUT2D eigenvalue weighted by molar-refractivity contribution is -0.409. The highest BCUT2D eigenvalue weighted by atomic mass is 19.4. The van der Waals surface area contributed by atoms with E-state index in [0.29, 0.717) is 12.8 Å². The summed E-state index contributed by atoms with van der Waals surface area (Å²) >= 11 is 0. The van der Waals surface area contributed by atoms with Crippen molar-refractivity contribution < 1.29 is 46.1 Å². The summed E-state index contributed by atoms with van der Waals surface area (Å²) in [5.41, 5.74) is -1.86. The summed E-state index contributed by atoms with van der Waals surface area (Å²) in [6.45, 7) is 2.57. The van der Waals surface area contributed by atoms with E-state index < -0.39 is 42.7 Å². The van der Waals surface area contributed by atoms with Crippen molar-refractivity contribution >= 4 is 16.7 Å². The number of aliphatic hydroxyl groups is 1. The fourth-order valence-electron chi connectivity index (χ4n) is 3.43. The number of fused-ring (bicyclic) bond motifs is 1. The van der Waals surface area contributed by atoms with Crippen LogP contribution in [0.15, 0.2) is 36.4 Å². The Morgan fingerprint density at radius 1 is 1.19 bits per heavy atom. The molecular formula is C22H23F5O5. The number of hydrogen-bond acceptors (Lipinski definition) is 5. The van der Waals surface area contributed by atoms with Crippen LogP contribution in [-0.2, 0) is 14.3 Å². The fraction of sp³-hybridized carbons (Fsp3) is 0.500. The second kappa shape index (κ2) is 8.15. The zero-order valence-electron chi connectivity index (χ0n) is 17.6. The van der Waals surface area contributed by atoms with Crippen LogP contribution in [0.2, 0.25) is 0 Å². The van der Waals surface area contributed by atoms with E-state index in [0.717, 1.165) is 17.2 Å². The van der Waals surface area contributed by atoms with Gasteiger partial charge in [-0.15, -0.1) is 0 Å². The van der Waals surface area contributed by atoms with Gasteiger partial charge in [-0.3, -0.25) is 0 Å². The van der Waals surface area contributed by atoms with Gasteiger partial charge in [-0.1, -0.05) is 38.1 Å². The van der Waals surface area contributed by atoms with Gasteiger partial charge in [-0.25, -0.2) is 4.79 Å². The zero-order valence-corrected chi connectivity index (χ0v) is 17.6. The van der Waals surface area contributed by atoms with Gasteiger partial charge in [0.15, 0.2) is 6.61 Å². The van der Waals surface area contributed by atoms with Crippen LogP contribution in [-0.4, -0.2) is 47.8 Å². The first-order valence-electron chi connectivity index (χ1n) is 9.93. The van der Waals surface area contributed by atoms with Crippen molar-refractivity contribution in [2.45, 2.75) is 56.6 Å². The largest absolute Gasteiger partial charge is 0.482 e. The molecule has 0 spiro atoms. The Morgan fingerprint density at radius 2 is 1.81 bits per heavy atom. The number of ether oxygens (including phenoxy) is 3. The minimum atomic E-state index is -5.79. The van der Waals surface area contributed by atoms with Gasteiger partial charge >= 0.3 is 23.9 Å². The maximum absolute atomic E-state index is 14.3. The lowest BCUT2D eigenvalue weighted by Gasteiger charge is -2.35. The Labute approximate surface area is 181 Å². The van der Waals surface area contributed by atoms with Crippen LogP contribution in [0.1, 0.15) is 38.7 Å². The van der Waals surface area contributed by atoms with Crippen molar-refractivity contribution in [1.82, 2.24) is 0 Å². The molecule has 0 bridgehead atoms. The van der Waals surface area contributed by atoms with Crippen LogP contribution in [0.5, 0.6) is 5.75 Å². The van der Waals surface area contributed by atoms with Crippen LogP contribution in [0, 0.1) is 0 Å². The number of halogens is 5. The number of rotatable bonds is 6. The third-order valence-electron chi connectivity index (χ3n) is 5.74. The molecule has 0 amide bonds. The van der Waals surface area contributed by atoms with Gasteiger partial charge < -0.3 is 19.3 Å². The molecule has 0 aromatic heterocycles. The van der Waals surface area contributed by atoms with Crippen LogP contribution < -0.4 is 4.74 Å². The number of carbonyl (C=O) groups is 1. The molecule has 3 unspecified atom stereocenters. The SMILES string of the molecule is CCC(C)c1ccc2cc(OCC(=O)OC3(C)COC(O)(C(F)(F)F)C3(F)F)ccc2c1. The smallest absolute Gasteiger partial charge is 0.449 e. The third-order valence-corrected chi connectivity index (χ3v) is 5.74. The maximum Gasteiger partial charge on any atom is 0.449 e. The molecule has 0 radical (unpaired) electrons. The highest BCUT2D eigenvalue weighted by molar-refractivity contribution is 5.84. The van der Waals surface area contributed by atoms with Gasteiger partial charge in [-0.2, -0.15) is 22.0 Å². The van der Waals surface area contributed by atoms with Crippen LogP contribution in [0.3, 0.4) is 0 Å². The Morgan fingerprint density at radius 3 is 2.41 bits per heavy atom. The number of alkyl halides is 5. The monoisotopic (exact) mass is 462 g/mol. The molecule has 10 heteroatoms. The summed E-state index contributed by atoms with van der Waals surface area (Å²) in [7, 11) is 0. The quantitative estimate of drug-likeness (QED) is 0.486. The molecule has 2 aromatic carbocycles. The van der Waals surface area contributed by atoms with Crippen molar-refractivity contribution in [3.05, 3.63) is 42.0 Å². The third kappa shape index (κ3) is 4.01. The van der Waals surface area contributed by atoms with E-state index in [4.69, 9.17) is 4.74 Å². The van der Waals surface area contributed by atoms with E-state index in [1.807, 2.05) is 18.2 Å². The van der Waals surface area contributed by atoms with Gasteiger partial charge in [0.1, 0.15) is 5.75 Å². The molecule has 1 aliphatic heterocycles. The van der Waals surface area contributed by atoms with Crippen LogP contribution >= 0.6 is 0 Å². The predicted octanol–water partition coefficient (Wildman–Crippen LogP) is 4.95. The molecule has 1 N–H and O–H groups in total. The summed E-state index contributed by atoms with van der Waals surface area (Å²) in [6, 6.07) is 10.9. The number of esters is 1. The highest BCUT2D eigenvalue weighted by Crippen LogP contribution is 2.54. The molecule has 3 atom stereocenters. The Kier molecular flexibility index (Phi) is 6.16.